The first-order chi connectivity index (χ1) is 9.76. The van der Waals surface area contributed by atoms with E-state index in [-0.39, 0.29) is 5.91 Å². The fraction of sp³-hybridized carbons (Fsp3) is 0.562. The number of nitrogens with one attached hydrogen (secondary N) is 2. The highest BCUT2D eigenvalue weighted by Gasteiger charge is 2.21. The molecule has 4 nitrogen and oxygen atoms in total. The quantitative estimate of drug-likeness (QED) is 0.883. The Morgan fingerprint density at radius 3 is 3.25 bits per heavy atom. The minimum atomic E-state index is 0.0719. The van der Waals surface area contributed by atoms with Crippen molar-refractivity contribution in [1.82, 2.24) is 10.2 Å². The zero-order valence-corrected chi connectivity index (χ0v) is 12.1. The minimum Gasteiger partial charge on any atom is -0.384 e. The van der Waals surface area contributed by atoms with E-state index >= 15 is 0 Å². The van der Waals surface area contributed by atoms with Gasteiger partial charge >= 0.3 is 0 Å². The van der Waals surface area contributed by atoms with Gasteiger partial charge in [0.2, 0.25) is 0 Å². The Morgan fingerprint density at radius 2 is 2.40 bits per heavy atom. The highest BCUT2D eigenvalue weighted by Crippen LogP contribution is 2.23. The van der Waals surface area contributed by atoms with Crippen molar-refractivity contribution in [3.8, 4) is 0 Å². The highest BCUT2D eigenvalue weighted by atomic mass is 16.1. The molecule has 0 radical (unpaired) electrons. The fourth-order valence-electron chi connectivity index (χ4n) is 3.18. The van der Waals surface area contributed by atoms with Gasteiger partial charge in [0.05, 0.1) is 0 Å². The predicted octanol–water partition coefficient (Wildman–Crippen LogP) is 1.87. The number of likely N-dealkylation sites (N-methyl/N-ethyl adjacent to an activating group) is 1. The molecule has 2 N–H and O–H groups in total. The Bertz CT molecular complexity index is 500. The lowest BCUT2D eigenvalue weighted by molar-refractivity contribution is 0.0906. The number of amides is 1. The van der Waals surface area contributed by atoms with E-state index in [0.29, 0.717) is 6.04 Å². The topological polar surface area (TPSA) is 44.4 Å². The van der Waals surface area contributed by atoms with Crippen molar-refractivity contribution >= 4 is 11.6 Å². The Balaban J connectivity index is 1.64. The summed E-state index contributed by atoms with van der Waals surface area (Å²) < 4.78 is 0. The van der Waals surface area contributed by atoms with Gasteiger partial charge in [0.15, 0.2) is 0 Å². The van der Waals surface area contributed by atoms with Crippen LogP contribution in [0.3, 0.4) is 0 Å². The molecule has 3 rings (SSSR count). The van der Waals surface area contributed by atoms with E-state index in [2.05, 4.69) is 22.5 Å². The molecule has 0 aromatic heterocycles. The summed E-state index contributed by atoms with van der Waals surface area (Å²) in [6.45, 7) is 6.37. The molecule has 1 fully saturated rings. The molecule has 1 unspecified atom stereocenters. The van der Waals surface area contributed by atoms with E-state index in [4.69, 9.17) is 0 Å². The van der Waals surface area contributed by atoms with Gasteiger partial charge < -0.3 is 15.5 Å². The monoisotopic (exact) mass is 273 g/mol. The normalized spacial score (nSPS) is 22.1. The van der Waals surface area contributed by atoms with Gasteiger partial charge in [-0.3, -0.25) is 4.79 Å². The maximum Gasteiger partial charge on any atom is 0.251 e. The molecule has 108 valence electrons. The highest BCUT2D eigenvalue weighted by molar-refractivity contribution is 5.95. The van der Waals surface area contributed by atoms with Crippen molar-refractivity contribution < 1.29 is 4.79 Å². The number of benzene rings is 1. The lowest BCUT2D eigenvalue weighted by Gasteiger charge is -2.32. The third-order valence-corrected chi connectivity index (χ3v) is 4.37. The molecule has 2 aliphatic rings. The summed E-state index contributed by atoms with van der Waals surface area (Å²) in [4.78, 5) is 14.8. The molecule has 20 heavy (non-hydrogen) atoms. The second-order valence-corrected chi connectivity index (χ2v) is 5.75. The van der Waals surface area contributed by atoms with Crippen LogP contribution in [0.1, 0.15) is 35.7 Å². The van der Waals surface area contributed by atoms with Crippen LogP contribution in [0.4, 0.5) is 5.69 Å². The summed E-state index contributed by atoms with van der Waals surface area (Å²) in [5.74, 6) is 0.0719. The molecule has 2 aliphatic heterocycles. The van der Waals surface area contributed by atoms with Crippen LogP contribution in [0.5, 0.6) is 0 Å². The van der Waals surface area contributed by atoms with Crippen molar-refractivity contribution in [2.75, 3.05) is 31.5 Å². The number of likely N-dealkylation sites (tertiary alicyclic amines) is 1. The van der Waals surface area contributed by atoms with Crippen molar-refractivity contribution in [1.29, 1.82) is 0 Å². The molecule has 0 aliphatic carbocycles. The summed E-state index contributed by atoms with van der Waals surface area (Å²) in [6, 6.07) is 6.27. The lowest BCUT2D eigenvalue weighted by atomic mass is 10.0. The van der Waals surface area contributed by atoms with Gasteiger partial charge in [-0.05, 0) is 56.1 Å². The lowest BCUT2D eigenvalue weighted by Crippen LogP contribution is -2.47. The van der Waals surface area contributed by atoms with E-state index in [9.17, 15) is 4.79 Å². The Hall–Kier alpha value is -1.55. The summed E-state index contributed by atoms with van der Waals surface area (Å²) in [7, 11) is 0. The molecule has 1 aromatic rings. The van der Waals surface area contributed by atoms with Gasteiger partial charge in [-0.2, -0.15) is 0 Å². The molecule has 0 spiro atoms. The molecule has 0 bridgehead atoms. The maximum atomic E-state index is 12.4. The molecular weight excluding hydrogens is 250 g/mol. The first-order valence-corrected chi connectivity index (χ1v) is 7.66. The molecule has 1 atom stereocenters. The Labute approximate surface area is 120 Å². The van der Waals surface area contributed by atoms with Crippen LogP contribution in [0.15, 0.2) is 18.2 Å². The Morgan fingerprint density at radius 1 is 1.50 bits per heavy atom. The smallest absolute Gasteiger partial charge is 0.251 e. The third kappa shape index (κ3) is 2.80. The average molecular weight is 273 g/mol. The number of anilines is 1. The van der Waals surface area contributed by atoms with Gasteiger partial charge in [-0.1, -0.05) is 6.92 Å². The van der Waals surface area contributed by atoms with Crippen LogP contribution < -0.4 is 10.6 Å². The van der Waals surface area contributed by atoms with Crippen LogP contribution in [-0.2, 0) is 6.42 Å². The molecular formula is C16H23N3O. The summed E-state index contributed by atoms with van der Waals surface area (Å²) in [5.41, 5.74) is 3.23. The number of nitrogens with zero attached hydrogens (tertiary/aromatic N) is 1. The number of carbonyl (C=O) groups is 1. The van der Waals surface area contributed by atoms with E-state index in [1.165, 1.54) is 17.7 Å². The second kappa shape index (κ2) is 5.83. The average Bonchev–Trinajstić information content (AvgIpc) is 2.94. The van der Waals surface area contributed by atoms with Gasteiger partial charge in [-0.15, -0.1) is 0 Å². The van der Waals surface area contributed by atoms with Crippen LogP contribution >= 0.6 is 0 Å². The largest absolute Gasteiger partial charge is 0.384 e. The number of hydrogen-bond donors (Lipinski definition) is 2. The van der Waals surface area contributed by atoms with E-state index in [0.717, 1.165) is 44.6 Å². The number of hydrogen-bond acceptors (Lipinski definition) is 3. The summed E-state index contributed by atoms with van der Waals surface area (Å²) in [5, 5.41) is 6.51. The molecule has 1 amide bonds. The molecule has 2 heterocycles. The standard InChI is InChI=1S/C16H23N3O/c1-2-19-9-3-4-14(11-19)18-16(20)13-5-6-15-12(10-13)7-8-17-15/h5-6,10,14,17H,2-4,7-9,11H2,1H3,(H,18,20). The Kier molecular flexibility index (Phi) is 3.92. The number of carbonyl (C=O) groups excluding carboxylic acids is 1. The van der Waals surface area contributed by atoms with Crippen molar-refractivity contribution in [3.63, 3.8) is 0 Å². The molecule has 0 saturated carbocycles. The van der Waals surface area contributed by atoms with Crippen LogP contribution in [-0.4, -0.2) is 43.0 Å². The second-order valence-electron chi connectivity index (χ2n) is 5.75. The van der Waals surface area contributed by atoms with Crippen molar-refractivity contribution in [2.24, 2.45) is 0 Å². The molecule has 1 aromatic carbocycles. The minimum absolute atomic E-state index is 0.0719. The number of rotatable bonds is 3. The summed E-state index contributed by atoms with van der Waals surface area (Å²) in [6.07, 6.45) is 3.28. The van der Waals surface area contributed by atoms with E-state index in [1.54, 1.807) is 0 Å². The van der Waals surface area contributed by atoms with E-state index in [1.807, 2.05) is 18.2 Å². The van der Waals surface area contributed by atoms with Gasteiger partial charge in [0, 0.05) is 30.4 Å². The van der Waals surface area contributed by atoms with Crippen molar-refractivity contribution in [3.05, 3.63) is 29.3 Å². The number of piperidine rings is 1. The van der Waals surface area contributed by atoms with Crippen molar-refractivity contribution in [2.45, 2.75) is 32.2 Å². The zero-order valence-electron chi connectivity index (χ0n) is 12.1. The zero-order chi connectivity index (χ0) is 13.9. The number of fused-ring (bicyclic) bond motifs is 1. The molecule has 1 saturated heterocycles. The summed E-state index contributed by atoms with van der Waals surface area (Å²) >= 11 is 0. The van der Waals surface area contributed by atoms with Crippen LogP contribution in [0, 0.1) is 0 Å². The van der Waals surface area contributed by atoms with Gasteiger partial charge in [-0.25, -0.2) is 0 Å². The predicted molar refractivity (Wildman–Crippen MR) is 81.2 cm³/mol. The van der Waals surface area contributed by atoms with Crippen LogP contribution in [0.25, 0.3) is 0 Å². The first kappa shape index (κ1) is 13.4. The maximum absolute atomic E-state index is 12.4. The molecule has 4 heteroatoms. The van der Waals surface area contributed by atoms with Gasteiger partial charge in [0.1, 0.15) is 0 Å². The first-order valence-electron chi connectivity index (χ1n) is 7.66. The van der Waals surface area contributed by atoms with Gasteiger partial charge in [0.25, 0.3) is 5.91 Å². The fourth-order valence-corrected chi connectivity index (χ4v) is 3.18. The van der Waals surface area contributed by atoms with Crippen LogP contribution in [0.2, 0.25) is 0 Å². The SMILES string of the molecule is CCN1CCCC(NC(=O)c2ccc3c(c2)CCN3)C1. The van der Waals surface area contributed by atoms with E-state index < -0.39 is 0 Å². The third-order valence-electron chi connectivity index (χ3n) is 4.37.